The third-order valence-electron chi connectivity index (χ3n) is 3.91. The number of carbonyl (C=O) groups excluding carboxylic acids is 2. The van der Waals surface area contributed by atoms with Crippen molar-refractivity contribution in [3.63, 3.8) is 0 Å². The highest BCUT2D eigenvalue weighted by molar-refractivity contribution is 6.04. The molecule has 0 saturated carbocycles. The Morgan fingerprint density at radius 1 is 0.741 bits per heavy atom. The zero-order valence-electron chi connectivity index (χ0n) is 15.0. The Morgan fingerprint density at radius 2 is 1.41 bits per heavy atom. The molecule has 3 rings (SSSR count). The molecule has 0 saturated heterocycles. The van der Waals surface area contributed by atoms with Crippen molar-refractivity contribution >= 4 is 28.9 Å². The summed E-state index contributed by atoms with van der Waals surface area (Å²) in [6.45, 7) is 2.10. The summed E-state index contributed by atoms with van der Waals surface area (Å²) in [5.41, 5.74) is 3.86. The SMILES string of the molecule is Cc1cccc(NC(=O)CNc2cccc(NC(=O)c3ccccc3)c2)c1. The monoisotopic (exact) mass is 359 g/mol. The summed E-state index contributed by atoms with van der Waals surface area (Å²) in [5.74, 6) is -0.315. The minimum absolute atomic E-state index is 0.129. The third kappa shape index (κ3) is 5.44. The molecular weight excluding hydrogens is 338 g/mol. The largest absolute Gasteiger partial charge is 0.376 e. The zero-order chi connectivity index (χ0) is 19.1. The fourth-order valence-electron chi connectivity index (χ4n) is 2.61. The quantitative estimate of drug-likeness (QED) is 0.615. The molecule has 0 unspecified atom stereocenters. The van der Waals surface area contributed by atoms with Crippen LogP contribution in [0.1, 0.15) is 15.9 Å². The van der Waals surface area contributed by atoms with Crippen molar-refractivity contribution in [2.45, 2.75) is 6.92 Å². The van der Waals surface area contributed by atoms with E-state index in [4.69, 9.17) is 0 Å². The molecule has 3 N–H and O–H groups in total. The second-order valence-corrected chi connectivity index (χ2v) is 6.17. The molecular formula is C22H21N3O2. The number of hydrogen-bond donors (Lipinski definition) is 3. The lowest BCUT2D eigenvalue weighted by molar-refractivity contribution is -0.114. The molecule has 0 aromatic heterocycles. The van der Waals surface area contributed by atoms with E-state index in [0.717, 1.165) is 16.9 Å². The van der Waals surface area contributed by atoms with Gasteiger partial charge >= 0.3 is 0 Å². The van der Waals surface area contributed by atoms with Gasteiger partial charge in [0.25, 0.3) is 5.91 Å². The fourth-order valence-corrected chi connectivity index (χ4v) is 2.61. The van der Waals surface area contributed by atoms with Crippen LogP contribution in [0.15, 0.2) is 78.9 Å². The molecule has 2 amide bonds. The van der Waals surface area contributed by atoms with Crippen molar-refractivity contribution in [2.24, 2.45) is 0 Å². The average Bonchev–Trinajstić information content (AvgIpc) is 2.67. The molecule has 0 aliphatic rings. The molecule has 3 aromatic rings. The zero-order valence-corrected chi connectivity index (χ0v) is 15.0. The summed E-state index contributed by atoms with van der Waals surface area (Å²) in [5, 5.41) is 8.77. The Kier molecular flexibility index (Phi) is 5.84. The lowest BCUT2D eigenvalue weighted by Gasteiger charge is -2.10. The van der Waals surface area contributed by atoms with E-state index in [1.54, 1.807) is 24.3 Å². The van der Waals surface area contributed by atoms with Crippen LogP contribution in [0.4, 0.5) is 17.1 Å². The number of amides is 2. The third-order valence-corrected chi connectivity index (χ3v) is 3.91. The molecule has 3 aromatic carbocycles. The Bertz CT molecular complexity index is 939. The number of rotatable bonds is 6. The van der Waals surface area contributed by atoms with E-state index in [0.29, 0.717) is 11.3 Å². The van der Waals surface area contributed by atoms with Gasteiger partial charge in [-0.25, -0.2) is 0 Å². The van der Waals surface area contributed by atoms with E-state index in [1.165, 1.54) is 0 Å². The number of carbonyl (C=O) groups is 2. The maximum absolute atomic E-state index is 12.2. The molecule has 0 heterocycles. The van der Waals surface area contributed by atoms with E-state index in [-0.39, 0.29) is 18.4 Å². The van der Waals surface area contributed by atoms with Crippen molar-refractivity contribution < 1.29 is 9.59 Å². The summed E-state index contributed by atoms with van der Waals surface area (Å²) >= 11 is 0. The lowest BCUT2D eigenvalue weighted by atomic mass is 10.2. The van der Waals surface area contributed by atoms with Gasteiger partial charge in [0.15, 0.2) is 0 Å². The van der Waals surface area contributed by atoms with Gasteiger partial charge < -0.3 is 16.0 Å². The van der Waals surface area contributed by atoms with E-state index < -0.39 is 0 Å². The molecule has 0 aliphatic carbocycles. The molecule has 0 spiro atoms. The first-order valence-electron chi connectivity index (χ1n) is 8.67. The molecule has 136 valence electrons. The minimum atomic E-state index is -0.176. The molecule has 0 bridgehead atoms. The van der Waals surface area contributed by atoms with E-state index in [2.05, 4.69) is 16.0 Å². The number of aryl methyl sites for hydroxylation is 1. The Hall–Kier alpha value is -3.60. The maximum atomic E-state index is 12.2. The second-order valence-electron chi connectivity index (χ2n) is 6.17. The van der Waals surface area contributed by atoms with Crippen molar-refractivity contribution in [3.8, 4) is 0 Å². The predicted octanol–water partition coefficient (Wildman–Crippen LogP) is 4.30. The van der Waals surface area contributed by atoms with E-state index >= 15 is 0 Å². The van der Waals surface area contributed by atoms with E-state index in [9.17, 15) is 9.59 Å². The number of nitrogens with one attached hydrogen (secondary N) is 3. The maximum Gasteiger partial charge on any atom is 0.255 e. The van der Waals surface area contributed by atoms with Crippen LogP contribution in [0, 0.1) is 6.92 Å². The smallest absolute Gasteiger partial charge is 0.255 e. The minimum Gasteiger partial charge on any atom is -0.376 e. The van der Waals surface area contributed by atoms with Crippen LogP contribution in [0.2, 0.25) is 0 Å². The van der Waals surface area contributed by atoms with Gasteiger partial charge in [0.05, 0.1) is 6.54 Å². The molecule has 5 heteroatoms. The molecule has 27 heavy (non-hydrogen) atoms. The summed E-state index contributed by atoms with van der Waals surface area (Å²) in [6, 6.07) is 23.9. The van der Waals surface area contributed by atoms with Crippen molar-refractivity contribution in [3.05, 3.63) is 90.0 Å². The van der Waals surface area contributed by atoms with Gasteiger partial charge in [-0.15, -0.1) is 0 Å². The van der Waals surface area contributed by atoms with Crippen LogP contribution in [-0.2, 0) is 4.79 Å². The van der Waals surface area contributed by atoms with Gasteiger partial charge in [0.1, 0.15) is 0 Å². The van der Waals surface area contributed by atoms with Gasteiger partial charge in [-0.05, 0) is 55.0 Å². The first-order chi connectivity index (χ1) is 13.1. The normalized spacial score (nSPS) is 10.1. The summed E-state index contributed by atoms with van der Waals surface area (Å²) < 4.78 is 0. The van der Waals surface area contributed by atoms with Gasteiger partial charge in [-0.3, -0.25) is 9.59 Å². The van der Waals surface area contributed by atoms with Gasteiger partial charge in [-0.1, -0.05) is 36.4 Å². The molecule has 0 atom stereocenters. The van der Waals surface area contributed by atoms with Gasteiger partial charge in [0, 0.05) is 22.6 Å². The van der Waals surface area contributed by atoms with Crippen molar-refractivity contribution in [1.29, 1.82) is 0 Å². The van der Waals surface area contributed by atoms with E-state index in [1.807, 2.05) is 61.5 Å². The number of benzene rings is 3. The highest BCUT2D eigenvalue weighted by Gasteiger charge is 2.06. The van der Waals surface area contributed by atoms with Gasteiger partial charge in [0.2, 0.25) is 5.91 Å². The Labute approximate surface area is 158 Å². The standard InChI is InChI=1S/C22H21N3O2/c1-16-7-5-11-19(13-16)24-21(26)15-23-18-10-6-12-20(14-18)25-22(27)17-8-3-2-4-9-17/h2-14,23H,15H2,1H3,(H,24,26)(H,25,27). The predicted molar refractivity (Wildman–Crippen MR) is 109 cm³/mol. The average molecular weight is 359 g/mol. The van der Waals surface area contributed by atoms with Crippen LogP contribution >= 0.6 is 0 Å². The van der Waals surface area contributed by atoms with Crippen LogP contribution in [0.25, 0.3) is 0 Å². The van der Waals surface area contributed by atoms with Gasteiger partial charge in [-0.2, -0.15) is 0 Å². The molecule has 0 fully saturated rings. The summed E-state index contributed by atoms with van der Waals surface area (Å²) in [6.07, 6.45) is 0. The van der Waals surface area contributed by atoms with Crippen LogP contribution in [-0.4, -0.2) is 18.4 Å². The molecule has 0 aliphatic heterocycles. The summed E-state index contributed by atoms with van der Waals surface area (Å²) in [7, 11) is 0. The summed E-state index contributed by atoms with van der Waals surface area (Å²) in [4.78, 5) is 24.3. The Morgan fingerprint density at radius 3 is 2.15 bits per heavy atom. The topological polar surface area (TPSA) is 70.2 Å². The van der Waals surface area contributed by atoms with Crippen molar-refractivity contribution in [1.82, 2.24) is 0 Å². The van der Waals surface area contributed by atoms with Crippen molar-refractivity contribution in [2.75, 3.05) is 22.5 Å². The van der Waals surface area contributed by atoms with Crippen LogP contribution < -0.4 is 16.0 Å². The second kappa shape index (κ2) is 8.67. The fraction of sp³-hybridized carbons (Fsp3) is 0.0909. The van der Waals surface area contributed by atoms with Crippen LogP contribution in [0.5, 0.6) is 0 Å². The number of hydrogen-bond acceptors (Lipinski definition) is 3. The highest BCUT2D eigenvalue weighted by atomic mass is 16.2. The number of anilines is 3. The molecule has 5 nitrogen and oxygen atoms in total. The molecule has 0 radical (unpaired) electrons. The van der Waals surface area contributed by atoms with Crippen LogP contribution in [0.3, 0.4) is 0 Å². The first-order valence-corrected chi connectivity index (χ1v) is 8.67. The lowest BCUT2D eigenvalue weighted by Crippen LogP contribution is -2.21. The Balaban J connectivity index is 1.56. The first kappa shape index (κ1) is 18.2. The highest BCUT2D eigenvalue weighted by Crippen LogP contribution is 2.16.